The third-order valence-corrected chi connectivity index (χ3v) is 4.44. The molecule has 2 aliphatic rings. The standard InChI is InChI=1S/C12H17NO3S/c1-2-16-11(14)7-10-13-12(15)8-5-3-4-6-9(8)17-10/h7-9H,2-6H2,1H3,(H,13,15)/b10-7-. The van der Waals surface area contributed by atoms with Crippen molar-refractivity contribution in [3.8, 4) is 0 Å². The predicted molar refractivity (Wildman–Crippen MR) is 66.2 cm³/mol. The van der Waals surface area contributed by atoms with Crippen molar-refractivity contribution < 1.29 is 14.3 Å². The molecule has 1 amide bonds. The first kappa shape index (κ1) is 12.5. The molecule has 4 nitrogen and oxygen atoms in total. The maximum absolute atomic E-state index is 11.9. The fourth-order valence-corrected chi connectivity index (χ4v) is 3.66. The molecule has 0 spiro atoms. The van der Waals surface area contributed by atoms with E-state index in [0.29, 0.717) is 16.9 Å². The lowest BCUT2D eigenvalue weighted by atomic mass is 9.88. The summed E-state index contributed by atoms with van der Waals surface area (Å²) in [4.78, 5) is 23.2. The van der Waals surface area contributed by atoms with Crippen LogP contribution in [0.5, 0.6) is 0 Å². The topological polar surface area (TPSA) is 55.4 Å². The lowest BCUT2D eigenvalue weighted by molar-refractivity contribution is -0.137. The first-order valence-electron chi connectivity index (χ1n) is 6.06. The van der Waals surface area contributed by atoms with Crippen molar-refractivity contribution in [2.24, 2.45) is 5.92 Å². The molecule has 1 heterocycles. The van der Waals surface area contributed by atoms with Gasteiger partial charge in [-0.2, -0.15) is 0 Å². The largest absolute Gasteiger partial charge is 0.463 e. The minimum atomic E-state index is -0.385. The molecular weight excluding hydrogens is 238 g/mol. The van der Waals surface area contributed by atoms with Crippen LogP contribution < -0.4 is 5.32 Å². The highest BCUT2D eigenvalue weighted by Gasteiger charge is 2.36. The molecule has 2 unspecified atom stereocenters. The van der Waals surface area contributed by atoms with Crippen LogP contribution in [0.4, 0.5) is 0 Å². The number of hydrogen-bond donors (Lipinski definition) is 1. The van der Waals surface area contributed by atoms with Crippen molar-refractivity contribution in [3.63, 3.8) is 0 Å². The van der Waals surface area contributed by atoms with Crippen LogP contribution >= 0.6 is 11.8 Å². The highest BCUT2D eigenvalue weighted by molar-refractivity contribution is 8.03. The minimum Gasteiger partial charge on any atom is -0.463 e. The Morgan fingerprint density at radius 3 is 3.06 bits per heavy atom. The van der Waals surface area contributed by atoms with Gasteiger partial charge in [-0.1, -0.05) is 12.8 Å². The van der Waals surface area contributed by atoms with Crippen molar-refractivity contribution in [1.82, 2.24) is 5.32 Å². The summed E-state index contributed by atoms with van der Waals surface area (Å²) in [5.41, 5.74) is 0. The van der Waals surface area contributed by atoms with E-state index >= 15 is 0 Å². The van der Waals surface area contributed by atoms with Crippen LogP contribution in [-0.4, -0.2) is 23.7 Å². The molecule has 2 atom stereocenters. The van der Waals surface area contributed by atoms with E-state index < -0.39 is 0 Å². The van der Waals surface area contributed by atoms with E-state index in [1.165, 1.54) is 12.5 Å². The summed E-state index contributed by atoms with van der Waals surface area (Å²) in [6.45, 7) is 2.12. The lowest BCUT2D eigenvalue weighted by Crippen LogP contribution is -2.42. The quantitative estimate of drug-likeness (QED) is 0.604. The van der Waals surface area contributed by atoms with Crippen LogP contribution in [0.1, 0.15) is 32.6 Å². The Bertz CT molecular complexity index is 354. The highest BCUT2D eigenvalue weighted by atomic mass is 32.2. The van der Waals surface area contributed by atoms with Crippen LogP contribution in [0.25, 0.3) is 0 Å². The molecule has 0 aromatic heterocycles. The van der Waals surface area contributed by atoms with Crippen molar-refractivity contribution >= 4 is 23.6 Å². The van der Waals surface area contributed by atoms with Gasteiger partial charge in [0, 0.05) is 5.25 Å². The number of esters is 1. The van der Waals surface area contributed by atoms with Gasteiger partial charge in [0.25, 0.3) is 0 Å². The molecule has 0 bridgehead atoms. The zero-order chi connectivity index (χ0) is 12.3. The first-order valence-corrected chi connectivity index (χ1v) is 6.94. The van der Waals surface area contributed by atoms with E-state index in [4.69, 9.17) is 4.74 Å². The zero-order valence-electron chi connectivity index (χ0n) is 9.90. The molecule has 17 heavy (non-hydrogen) atoms. The third kappa shape index (κ3) is 3.03. The molecule has 1 saturated carbocycles. The Morgan fingerprint density at radius 2 is 2.29 bits per heavy atom. The molecule has 1 aliphatic carbocycles. The smallest absolute Gasteiger partial charge is 0.333 e. The Morgan fingerprint density at radius 1 is 1.53 bits per heavy atom. The summed E-state index contributed by atoms with van der Waals surface area (Å²) in [5.74, 6) is -0.207. The number of nitrogens with one attached hydrogen (secondary N) is 1. The third-order valence-electron chi connectivity index (χ3n) is 3.10. The zero-order valence-corrected chi connectivity index (χ0v) is 10.7. The lowest BCUT2D eigenvalue weighted by Gasteiger charge is -2.34. The number of amides is 1. The van der Waals surface area contributed by atoms with Gasteiger partial charge in [0.15, 0.2) is 0 Å². The molecule has 2 rings (SSSR count). The van der Waals surface area contributed by atoms with Crippen LogP contribution in [0.3, 0.4) is 0 Å². The molecule has 2 fully saturated rings. The monoisotopic (exact) mass is 255 g/mol. The second-order valence-electron chi connectivity index (χ2n) is 4.30. The van der Waals surface area contributed by atoms with Gasteiger partial charge >= 0.3 is 5.97 Å². The molecule has 0 aromatic carbocycles. The normalized spacial score (nSPS) is 30.6. The molecule has 94 valence electrons. The van der Waals surface area contributed by atoms with Crippen molar-refractivity contribution in [1.29, 1.82) is 0 Å². The Kier molecular flexibility index (Phi) is 4.10. The highest BCUT2D eigenvalue weighted by Crippen LogP contribution is 2.39. The number of rotatable bonds is 2. The van der Waals surface area contributed by atoms with Gasteiger partial charge in [-0.05, 0) is 19.8 Å². The van der Waals surface area contributed by atoms with E-state index in [1.54, 1.807) is 18.7 Å². The number of ether oxygens (including phenoxy) is 1. The van der Waals surface area contributed by atoms with Crippen LogP contribution in [0.2, 0.25) is 0 Å². The summed E-state index contributed by atoms with van der Waals surface area (Å²) in [6, 6.07) is 0. The van der Waals surface area contributed by atoms with Gasteiger partial charge < -0.3 is 10.1 Å². The van der Waals surface area contributed by atoms with Crippen molar-refractivity contribution in [3.05, 3.63) is 11.1 Å². The number of thioether (sulfide) groups is 1. The summed E-state index contributed by atoms with van der Waals surface area (Å²) in [7, 11) is 0. The average molecular weight is 255 g/mol. The number of hydrogen-bond acceptors (Lipinski definition) is 4. The molecule has 1 N–H and O–H groups in total. The van der Waals surface area contributed by atoms with Gasteiger partial charge in [-0.3, -0.25) is 4.79 Å². The van der Waals surface area contributed by atoms with E-state index in [-0.39, 0.29) is 17.8 Å². The number of carbonyl (C=O) groups excluding carboxylic acids is 2. The van der Waals surface area contributed by atoms with E-state index in [9.17, 15) is 9.59 Å². The van der Waals surface area contributed by atoms with Crippen LogP contribution in [0.15, 0.2) is 11.1 Å². The summed E-state index contributed by atoms with van der Waals surface area (Å²) in [5, 5.41) is 3.76. The average Bonchev–Trinajstić information content (AvgIpc) is 2.29. The molecule has 5 heteroatoms. The molecule has 1 saturated heterocycles. The molecular formula is C12H17NO3S. The number of carbonyl (C=O) groups is 2. The SMILES string of the molecule is CCOC(=O)/C=C1/NC(=O)C2CCCCC2S1. The molecule has 0 aromatic rings. The maximum atomic E-state index is 11.9. The maximum Gasteiger partial charge on any atom is 0.333 e. The second-order valence-corrected chi connectivity index (χ2v) is 5.58. The molecule has 0 radical (unpaired) electrons. The van der Waals surface area contributed by atoms with Crippen LogP contribution in [-0.2, 0) is 14.3 Å². The Balaban J connectivity index is 2.03. The summed E-state index contributed by atoms with van der Waals surface area (Å²) < 4.78 is 4.84. The van der Waals surface area contributed by atoms with Gasteiger partial charge in [0.2, 0.25) is 5.91 Å². The van der Waals surface area contributed by atoms with Gasteiger partial charge in [-0.25, -0.2) is 4.79 Å². The van der Waals surface area contributed by atoms with E-state index in [2.05, 4.69) is 5.32 Å². The van der Waals surface area contributed by atoms with Crippen LogP contribution in [0, 0.1) is 5.92 Å². The van der Waals surface area contributed by atoms with Crippen molar-refractivity contribution in [2.75, 3.05) is 6.61 Å². The Labute approximate surface area is 105 Å². The fraction of sp³-hybridized carbons (Fsp3) is 0.667. The second kappa shape index (κ2) is 5.58. The van der Waals surface area contributed by atoms with Gasteiger partial charge in [0.05, 0.1) is 23.6 Å². The predicted octanol–water partition coefficient (Wildman–Crippen LogP) is 1.81. The fourth-order valence-electron chi connectivity index (χ4n) is 2.31. The van der Waals surface area contributed by atoms with Crippen molar-refractivity contribution in [2.45, 2.75) is 37.9 Å². The first-order chi connectivity index (χ1) is 8.20. The summed E-state index contributed by atoms with van der Waals surface area (Å²) >= 11 is 1.60. The summed E-state index contributed by atoms with van der Waals surface area (Å²) in [6.07, 6.45) is 5.72. The van der Waals surface area contributed by atoms with E-state index in [0.717, 1.165) is 19.3 Å². The minimum absolute atomic E-state index is 0.0593. The Hall–Kier alpha value is -0.970. The van der Waals surface area contributed by atoms with E-state index in [1.807, 2.05) is 0 Å². The van der Waals surface area contributed by atoms with Gasteiger partial charge in [0.1, 0.15) is 0 Å². The number of fused-ring (bicyclic) bond motifs is 1. The molecule has 1 aliphatic heterocycles. The van der Waals surface area contributed by atoms with Gasteiger partial charge in [-0.15, -0.1) is 11.8 Å².